The molecule has 2 rings (SSSR count). The quantitative estimate of drug-likeness (QED) is 0.883. The Morgan fingerprint density at radius 1 is 1.35 bits per heavy atom. The third kappa shape index (κ3) is 4.75. The van der Waals surface area contributed by atoms with Gasteiger partial charge in [0.15, 0.2) is 6.61 Å². The first kappa shape index (κ1) is 16.9. The summed E-state index contributed by atoms with van der Waals surface area (Å²) in [6.45, 7) is 0.399. The second-order valence-electron chi connectivity index (χ2n) is 4.86. The standard InChI is InChI=1S/C15H15F3N2O3/c1-9-2-3-12(13(4-9)23-8-15(16,17)18)20-14(21)10-5-11(6-19)22-7-10/h2-5,7H,6,8,19H2,1H3,(H,20,21). The summed E-state index contributed by atoms with van der Waals surface area (Å²) in [4.78, 5) is 12.1. The van der Waals surface area contributed by atoms with Crippen molar-refractivity contribution in [3.05, 3.63) is 47.4 Å². The van der Waals surface area contributed by atoms with Gasteiger partial charge in [0, 0.05) is 0 Å². The number of nitrogens with one attached hydrogen (secondary N) is 1. The summed E-state index contributed by atoms with van der Waals surface area (Å²) in [7, 11) is 0. The van der Waals surface area contributed by atoms with Crippen LogP contribution in [0.4, 0.5) is 18.9 Å². The number of alkyl halides is 3. The van der Waals surface area contributed by atoms with Crippen LogP contribution in [0.15, 0.2) is 34.9 Å². The van der Waals surface area contributed by atoms with Crippen LogP contribution in [0.1, 0.15) is 21.7 Å². The minimum absolute atomic E-state index is 0.0572. The van der Waals surface area contributed by atoms with E-state index in [1.807, 2.05) is 0 Å². The zero-order valence-electron chi connectivity index (χ0n) is 12.2. The summed E-state index contributed by atoms with van der Waals surface area (Å²) in [5, 5.41) is 2.50. The van der Waals surface area contributed by atoms with Gasteiger partial charge < -0.3 is 20.2 Å². The van der Waals surface area contributed by atoms with Gasteiger partial charge in [0.2, 0.25) is 0 Å². The van der Waals surface area contributed by atoms with E-state index in [0.717, 1.165) is 0 Å². The lowest BCUT2D eigenvalue weighted by Gasteiger charge is -2.14. The van der Waals surface area contributed by atoms with Crippen LogP contribution >= 0.6 is 0 Å². The number of nitrogens with two attached hydrogens (primary N) is 1. The summed E-state index contributed by atoms with van der Waals surface area (Å²) < 4.78 is 46.7. The van der Waals surface area contributed by atoms with E-state index in [4.69, 9.17) is 14.9 Å². The van der Waals surface area contributed by atoms with Gasteiger partial charge in [0.05, 0.1) is 17.8 Å². The van der Waals surface area contributed by atoms with Crippen LogP contribution in [0.5, 0.6) is 5.75 Å². The van der Waals surface area contributed by atoms with Crippen LogP contribution in [0.2, 0.25) is 0 Å². The van der Waals surface area contributed by atoms with Gasteiger partial charge in [-0.2, -0.15) is 13.2 Å². The molecule has 0 bridgehead atoms. The van der Waals surface area contributed by atoms with Crippen molar-refractivity contribution in [1.82, 2.24) is 0 Å². The highest BCUT2D eigenvalue weighted by atomic mass is 19.4. The van der Waals surface area contributed by atoms with E-state index < -0.39 is 18.7 Å². The van der Waals surface area contributed by atoms with E-state index in [-0.39, 0.29) is 23.5 Å². The van der Waals surface area contributed by atoms with Gasteiger partial charge in [-0.05, 0) is 30.7 Å². The molecule has 1 aromatic carbocycles. The van der Waals surface area contributed by atoms with Crippen LogP contribution in [0.25, 0.3) is 0 Å². The summed E-state index contributed by atoms with van der Waals surface area (Å²) in [5.74, 6) is -0.167. The van der Waals surface area contributed by atoms with Crippen molar-refractivity contribution in [3.63, 3.8) is 0 Å². The number of ether oxygens (including phenoxy) is 1. The van der Waals surface area contributed by atoms with Gasteiger partial charge in [-0.25, -0.2) is 0 Å². The first-order valence-electron chi connectivity index (χ1n) is 6.67. The monoisotopic (exact) mass is 328 g/mol. The molecule has 0 radical (unpaired) electrons. The first-order valence-corrected chi connectivity index (χ1v) is 6.67. The van der Waals surface area contributed by atoms with Crippen LogP contribution in [-0.2, 0) is 6.54 Å². The number of hydrogen-bond acceptors (Lipinski definition) is 4. The first-order chi connectivity index (χ1) is 10.8. The predicted molar refractivity (Wildman–Crippen MR) is 77.3 cm³/mol. The third-order valence-corrected chi connectivity index (χ3v) is 2.89. The number of carbonyl (C=O) groups excluding carboxylic acids is 1. The Balaban J connectivity index is 2.16. The van der Waals surface area contributed by atoms with Gasteiger partial charge in [-0.1, -0.05) is 6.07 Å². The molecule has 0 spiro atoms. The molecule has 0 saturated carbocycles. The molecule has 0 atom stereocenters. The van der Waals surface area contributed by atoms with E-state index in [1.54, 1.807) is 13.0 Å². The molecule has 1 aromatic heterocycles. The van der Waals surface area contributed by atoms with Crippen molar-refractivity contribution in [2.75, 3.05) is 11.9 Å². The summed E-state index contributed by atoms with van der Waals surface area (Å²) >= 11 is 0. The zero-order valence-corrected chi connectivity index (χ0v) is 12.2. The number of furan rings is 1. The molecule has 3 N–H and O–H groups in total. The average Bonchev–Trinajstić information content (AvgIpc) is 2.95. The van der Waals surface area contributed by atoms with Gasteiger partial charge in [-0.3, -0.25) is 4.79 Å². The Kier molecular flexibility index (Phi) is 4.95. The Morgan fingerprint density at radius 2 is 2.09 bits per heavy atom. The van der Waals surface area contributed by atoms with Gasteiger partial charge in [0.1, 0.15) is 17.8 Å². The SMILES string of the molecule is Cc1ccc(NC(=O)c2coc(CN)c2)c(OCC(F)(F)F)c1. The van der Waals surface area contributed by atoms with E-state index in [2.05, 4.69) is 5.32 Å². The fourth-order valence-electron chi connectivity index (χ4n) is 1.81. The number of carbonyl (C=O) groups is 1. The largest absolute Gasteiger partial charge is 0.482 e. The molecule has 8 heteroatoms. The van der Waals surface area contributed by atoms with Gasteiger partial charge in [0.25, 0.3) is 5.91 Å². The van der Waals surface area contributed by atoms with Crippen molar-refractivity contribution in [2.45, 2.75) is 19.6 Å². The van der Waals surface area contributed by atoms with Crippen molar-refractivity contribution >= 4 is 11.6 Å². The van der Waals surface area contributed by atoms with E-state index in [9.17, 15) is 18.0 Å². The molecule has 0 aliphatic rings. The molecule has 124 valence electrons. The Hall–Kier alpha value is -2.48. The molecule has 2 aromatic rings. The molecule has 0 unspecified atom stereocenters. The van der Waals surface area contributed by atoms with Gasteiger partial charge >= 0.3 is 6.18 Å². The molecule has 1 amide bonds. The molecule has 0 fully saturated rings. The number of aryl methyl sites for hydroxylation is 1. The zero-order chi connectivity index (χ0) is 17.0. The molecule has 0 aliphatic heterocycles. The van der Waals surface area contributed by atoms with Crippen molar-refractivity contribution in [2.24, 2.45) is 5.73 Å². The molecule has 23 heavy (non-hydrogen) atoms. The normalized spacial score (nSPS) is 11.3. The fraction of sp³-hybridized carbons (Fsp3) is 0.267. The molecular weight excluding hydrogens is 313 g/mol. The Bertz CT molecular complexity index is 696. The number of hydrogen-bond donors (Lipinski definition) is 2. The maximum absolute atomic E-state index is 12.3. The molecule has 0 aliphatic carbocycles. The van der Waals surface area contributed by atoms with Crippen molar-refractivity contribution in [1.29, 1.82) is 0 Å². The Morgan fingerprint density at radius 3 is 2.70 bits per heavy atom. The second kappa shape index (κ2) is 6.74. The summed E-state index contributed by atoms with van der Waals surface area (Å²) in [6, 6.07) is 6.00. The smallest absolute Gasteiger partial charge is 0.422 e. The van der Waals surface area contributed by atoms with Gasteiger partial charge in [-0.15, -0.1) is 0 Å². The molecule has 1 heterocycles. The third-order valence-electron chi connectivity index (χ3n) is 2.89. The average molecular weight is 328 g/mol. The fourth-order valence-corrected chi connectivity index (χ4v) is 1.81. The summed E-state index contributed by atoms with van der Waals surface area (Å²) in [6.07, 6.45) is -3.24. The van der Waals surface area contributed by atoms with E-state index >= 15 is 0 Å². The van der Waals surface area contributed by atoms with Crippen LogP contribution < -0.4 is 15.8 Å². The van der Waals surface area contributed by atoms with E-state index in [0.29, 0.717) is 11.3 Å². The topological polar surface area (TPSA) is 77.5 Å². The van der Waals surface area contributed by atoms with Crippen molar-refractivity contribution < 1.29 is 27.1 Å². The van der Waals surface area contributed by atoms with E-state index in [1.165, 1.54) is 24.5 Å². The lowest BCUT2D eigenvalue weighted by Crippen LogP contribution is -2.20. The molecule has 5 nitrogen and oxygen atoms in total. The number of anilines is 1. The highest BCUT2D eigenvalue weighted by Gasteiger charge is 2.29. The molecule has 0 saturated heterocycles. The minimum atomic E-state index is -4.47. The van der Waals surface area contributed by atoms with Crippen LogP contribution in [0.3, 0.4) is 0 Å². The minimum Gasteiger partial charge on any atom is -0.482 e. The Labute approximate surface area is 130 Å². The lowest BCUT2D eigenvalue weighted by molar-refractivity contribution is -0.153. The van der Waals surface area contributed by atoms with Crippen LogP contribution in [-0.4, -0.2) is 18.7 Å². The highest BCUT2D eigenvalue weighted by Crippen LogP contribution is 2.28. The number of rotatable bonds is 5. The number of benzene rings is 1. The predicted octanol–water partition coefficient (Wildman–Crippen LogP) is 3.24. The molecular formula is C15H15F3N2O3. The number of halogens is 3. The highest BCUT2D eigenvalue weighted by molar-refractivity contribution is 6.04. The lowest BCUT2D eigenvalue weighted by atomic mass is 10.2. The van der Waals surface area contributed by atoms with Crippen LogP contribution in [0, 0.1) is 6.92 Å². The maximum Gasteiger partial charge on any atom is 0.422 e. The number of amides is 1. The maximum atomic E-state index is 12.3. The summed E-state index contributed by atoms with van der Waals surface area (Å²) in [5.41, 5.74) is 6.44. The second-order valence-corrected chi connectivity index (χ2v) is 4.86. The van der Waals surface area contributed by atoms with Crippen molar-refractivity contribution in [3.8, 4) is 5.75 Å².